The first-order valence-electron chi connectivity index (χ1n) is 6.83. The van der Waals surface area contributed by atoms with Crippen molar-refractivity contribution in [3.8, 4) is 6.07 Å². The quantitative estimate of drug-likeness (QED) is 0.798. The highest BCUT2D eigenvalue weighted by atomic mass is 15.1. The Labute approximate surface area is 106 Å². The lowest BCUT2D eigenvalue weighted by atomic mass is 9.85. The molecule has 3 unspecified atom stereocenters. The molecule has 1 aliphatic carbocycles. The van der Waals surface area contributed by atoms with Crippen molar-refractivity contribution in [1.29, 1.82) is 5.26 Å². The van der Waals surface area contributed by atoms with Crippen LogP contribution >= 0.6 is 0 Å². The molecule has 1 fully saturated rings. The van der Waals surface area contributed by atoms with E-state index in [-0.39, 0.29) is 5.54 Å². The van der Waals surface area contributed by atoms with Crippen LogP contribution in [-0.4, -0.2) is 37.1 Å². The molecule has 0 saturated heterocycles. The molecule has 0 aliphatic heterocycles. The van der Waals surface area contributed by atoms with Crippen molar-refractivity contribution in [2.45, 2.75) is 57.5 Å². The van der Waals surface area contributed by atoms with Gasteiger partial charge in [-0.15, -0.1) is 0 Å². The summed E-state index contributed by atoms with van der Waals surface area (Å²) in [6, 6.07) is 3.07. The van der Waals surface area contributed by atoms with Gasteiger partial charge in [0.25, 0.3) is 0 Å². The smallest absolute Gasteiger partial charge is 0.104 e. The molecule has 0 radical (unpaired) electrons. The molecule has 1 rings (SSSR count). The highest BCUT2D eigenvalue weighted by Gasteiger charge is 2.27. The molecule has 3 atom stereocenters. The fourth-order valence-electron chi connectivity index (χ4n) is 2.75. The Morgan fingerprint density at radius 3 is 2.59 bits per heavy atom. The van der Waals surface area contributed by atoms with Gasteiger partial charge in [-0.25, -0.2) is 0 Å². The second-order valence-corrected chi connectivity index (χ2v) is 5.75. The van der Waals surface area contributed by atoms with E-state index in [2.05, 4.69) is 30.3 Å². The van der Waals surface area contributed by atoms with Crippen LogP contribution in [0.15, 0.2) is 0 Å². The van der Waals surface area contributed by atoms with Crippen molar-refractivity contribution in [3.63, 3.8) is 0 Å². The van der Waals surface area contributed by atoms with Crippen LogP contribution in [0.5, 0.6) is 0 Å². The van der Waals surface area contributed by atoms with E-state index in [1.165, 1.54) is 25.7 Å². The summed E-state index contributed by atoms with van der Waals surface area (Å²) in [4.78, 5) is 2.46. The van der Waals surface area contributed by atoms with Gasteiger partial charge >= 0.3 is 0 Å². The van der Waals surface area contributed by atoms with Gasteiger partial charge in [0.2, 0.25) is 0 Å². The lowest BCUT2D eigenvalue weighted by Crippen LogP contribution is -2.45. The molecule has 3 nitrogen and oxygen atoms in total. The van der Waals surface area contributed by atoms with Gasteiger partial charge in [0.1, 0.15) is 5.54 Å². The minimum absolute atomic E-state index is 0.383. The Morgan fingerprint density at radius 2 is 2.06 bits per heavy atom. The molecule has 0 amide bonds. The second-order valence-electron chi connectivity index (χ2n) is 5.75. The summed E-state index contributed by atoms with van der Waals surface area (Å²) < 4.78 is 0. The number of rotatable bonds is 5. The second kappa shape index (κ2) is 6.37. The molecule has 0 aromatic rings. The van der Waals surface area contributed by atoms with Gasteiger partial charge in [-0.2, -0.15) is 5.26 Å². The third kappa shape index (κ3) is 3.97. The predicted octanol–water partition coefficient (Wildman–Crippen LogP) is 2.39. The largest absolute Gasteiger partial charge is 0.303 e. The minimum Gasteiger partial charge on any atom is -0.303 e. The van der Waals surface area contributed by atoms with E-state index >= 15 is 0 Å². The fraction of sp³-hybridized carbons (Fsp3) is 0.929. The number of nitriles is 1. The Hall–Kier alpha value is -0.590. The fourth-order valence-corrected chi connectivity index (χ4v) is 2.75. The molecule has 1 saturated carbocycles. The molecular weight excluding hydrogens is 210 g/mol. The van der Waals surface area contributed by atoms with Crippen molar-refractivity contribution in [1.82, 2.24) is 10.2 Å². The average Bonchev–Trinajstić information content (AvgIpc) is 2.36. The van der Waals surface area contributed by atoms with Crippen LogP contribution in [0.3, 0.4) is 0 Å². The summed E-state index contributed by atoms with van der Waals surface area (Å²) >= 11 is 0. The highest BCUT2D eigenvalue weighted by molar-refractivity contribution is 5.03. The topological polar surface area (TPSA) is 39.1 Å². The molecule has 3 heteroatoms. The maximum atomic E-state index is 9.13. The van der Waals surface area contributed by atoms with Crippen LogP contribution in [0.25, 0.3) is 0 Å². The van der Waals surface area contributed by atoms with Gasteiger partial charge in [-0.1, -0.05) is 19.8 Å². The standard InChI is InChI=1S/C14H27N3/c1-12-7-5-6-8-13(12)17(4)10-9-14(2,11-15)16-3/h12-13,16H,5-10H2,1-4H3. The van der Waals surface area contributed by atoms with E-state index in [9.17, 15) is 0 Å². The first-order chi connectivity index (χ1) is 8.02. The van der Waals surface area contributed by atoms with Crippen molar-refractivity contribution in [2.24, 2.45) is 5.92 Å². The van der Waals surface area contributed by atoms with E-state index in [0.717, 1.165) is 18.9 Å². The molecule has 0 aromatic carbocycles. The summed E-state index contributed by atoms with van der Waals surface area (Å²) in [5.41, 5.74) is -0.383. The van der Waals surface area contributed by atoms with Crippen molar-refractivity contribution in [2.75, 3.05) is 20.6 Å². The van der Waals surface area contributed by atoms with Crippen LogP contribution in [0, 0.1) is 17.2 Å². The van der Waals surface area contributed by atoms with Crippen LogP contribution in [-0.2, 0) is 0 Å². The number of hydrogen-bond donors (Lipinski definition) is 1. The molecule has 0 spiro atoms. The van der Waals surface area contributed by atoms with Crippen LogP contribution in [0.4, 0.5) is 0 Å². The molecule has 0 bridgehead atoms. The van der Waals surface area contributed by atoms with E-state index in [4.69, 9.17) is 5.26 Å². The van der Waals surface area contributed by atoms with Gasteiger partial charge < -0.3 is 10.2 Å². The molecule has 1 aliphatic rings. The lowest BCUT2D eigenvalue weighted by Gasteiger charge is -2.37. The SMILES string of the molecule is CNC(C)(C#N)CCN(C)C1CCCCC1C. The summed E-state index contributed by atoms with van der Waals surface area (Å²) in [7, 11) is 4.08. The van der Waals surface area contributed by atoms with E-state index < -0.39 is 0 Å². The zero-order chi connectivity index (χ0) is 12.9. The lowest BCUT2D eigenvalue weighted by molar-refractivity contribution is 0.132. The first-order valence-corrected chi connectivity index (χ1v) is 6.83. The minimum atomic E-state index is -0.383. The van der Waals surface area contributed by atoms with E-state index in [1.807, 2.05) is 14.0 Å². The van der Waals surface area contributed by atoms with Gasteiger partial charge in [0.05, 0.1) is 6.07 Å². The summed E-state index contributed by atoms with van der Waals surface area (Å²) in [5.74, 6) is 0.802. The van der Waals surface area contributed by atoms with Gasteiger partial charge in [0, 0.05) is 12.6 Å². The number of nitrogens with one attached hydrogen (secondary N) is 1. The predicted molar refractivity (Wildman–Crippen MR) is 71.7 cm³/mol. The van der Waals surface area contributed by atoms with Crippen molar-refractivity contribution < 1.29 is 0 Å². The third-order valence-corrected chi connectivity index (χ3v) is 4.40. The van der Waals surface area contributed by atoms with E-state index in [1.54, 1.807) is 0 Å². The van der Waals surface area contributed by atoms with Crippen LogP contribution in [0.2, 0.25) is 0 Å². The average molecular weight is 237 g/mol. The molecule has 98 valence electrons. The van der Waals surface area contributed by atoms with E-state index in [0.29, 0.717) is 6.04 Å². The Balaban J connectivity index is 2.43. The van der Waals surface area contributed by atoms with Crippen LogP contribution in [0.1, 0.15) is 46.0 Å². The maximum Gasteiger partial charge on any atom is 0.104 e. The van der Waals surface area contributed by atoms with Gasteiger partial charge in [0.15, 0.2) is 0 Å². The molecule has 17 heavy (non-hydrogen) atoms. The maximum absolute atomic E-state index is 9.13. The number of hydrogen-bond acceptors (Lipinski definition) is 3. The van der Waals surface area contributed by atoms with Gasteiger partial charge in [-0.05, 0) is 46.2 Å². The molecule has 0 heterocycles. The Bertz CT molecular complexity index is 271. The Morgan fingerprint density at radius 1 is 1.41 bits per heavy atom. The van der Waals surface area contributed by atoms with Crippen molar-refractivity contribution >= 4 is 0 Å². The summed E-state index contributed by atoms with van der Waals surface area (Å²) in [6.07, 6.45) is 6.32. The summed E-state index contributed by atoms with van der Waals surface area (Å²) in [5, 5.41) is 12.2. The molecular formula is C14H27N3. The number of nitrogens with zero attached hydrogens (tertiary/aromatic N) is 2. The third-order valence-electron chi connectivity index (χ3n) is 4.40. The summed E-state index contributed by atoms with van der Waals surface area (Å²) in [6.45, 7) is 5.34. The van der Waals surface area contributed by atoms with Crippen LogP contribution < -0.4 is 5.32 Å². The van der Waals surface area contributed by atoms with Gasteiger partial charge in [-0.3, -0.25) is 0 Å². The van der Waals surface area contributed by atoms with Crippen molar-refractivity contribution in [3.05, 3.63) is 0 Å². The normalized spacial score (nSPS) is 28.7. The monoisotopic (exact) mass is 237 g/mol. The highest BCUT2D eigenvalue weighted by Crippen LogP contribution is 2.27. The zero-order valence-corrected chi connectivity index (χ0v) is 11.8. The first kappa shape index (κ1) is 14.5. The zero-order valence-electron chi connectivity index (χ0n) is 11.8. The molecule has 0 aromatic heterocycles. The molecule has 1 N–H and O–H groups in total. The Kier molecular flexibility index (Phi) is 5.42.